The molecule has 0 saturated carbocycles. The molecule has 2 aromatic rings. The summed E-state index contributed by atoms with van der Waals surface area (Å²) in [6.07, 6.45) is 0. The van der Waals surface area contributed by atoms with Crippen molar-refractivity contribution < 1.29 is 0 Å². The Hall–Kier alpha value is -1.09. The smallest absolute Gasteiger partial charge is 0.305 e. The van der Waals surface area contributed by atoms with Gasteiger partial charge < -0.3 is 4.98 Å². The summed E-state index contributed by atoms with van der Waals surface area (Å²) in [6, 6.07) is 3.98. The Kier molecular flexibility index (Phi) is 1.54. The van der Waals surface area contributed by atoms with Crippen LogP contribution in [-0.4, -0.2) is 4.98 Å². The summed E-state index contributed by atoms with van der Waals surface area (Å²) in [7, 11) is 0. The summed E-state index contributed by atoms with van der Waals surface area (Å²) >= 11 is 1.28. The molecule has 0 bridgehead atoms. The van der Waals surface area contributed by atoms with Crippen LogP contribution in [0.25, 0.3) is 10.2 Å². The molecule has 1 heterocycles. The number of hydrogen-bond acceptors (Lipinski definition) is 2. The molecule has 0 unspecified atom stereocenters. The minimum atomic E-state index is 0.0266. The second-order valence-electron chi connectivity index (χ2n) is 2.90. The number of thiazole rings is 1. The minimum absolute atomic E-state index is 0.0266. The van der Waals surface area contributed by atoms with Crippen LogP contribution in [0.4, 0.5) is 0 Å². The number of nitrogens with one attached hydrogen (secondary N) is 1. The Morgan fingerprint density at radius 2 is 2.08 bits per heavy atom. The standard InChI is InChI=1S/C9H9NOS/c1-5-3-4-7-8(6(5)2)12-9(11)10-7/h3-4H,1-2H3,(H,10,11). The minimum Gasteiger partial charge on any atom is -0.312 e. The maximum atomic E-state index is 11.0. The topological polar surface area (TPSA) is 32.9 Å². The fourth-order valence-corrected chi connectivity index (χ4v) is 2.14. The number of aromatic amines is 1. The molecule has 1 aromatic carbocycles. The number of benzene rings is 1. The Labute approximate surface area is 73.9 Å². The number of aryl methyl sites for hydroxylation is 2. The quantitative estimate of drug-likeness (QED) is 0.660. The molecule has 0 aliphatic heterocycles. The molecule has 1 N–H and O–H groups in total. The van der Waals surface area contributed by atoms with E-state index in [0.717, 1.165) is 10.2 Å². The van der Waals surface area contributed by atoms with E-state index in [-0.39, 0.29) is 4.87 Å². The van der Waals surface area contributed by atoms with Crippen LogP contribution < -0.4 is 4.87 Å². The number of rotatable bonds is 0. The van der Waals surface area contributed by atoms with Crippen molar-refractivity contribution in [2.45, 2.75) is 13.8 Å². The van der Waals surface area contributed by atoms with Gasteiger partial charge in [0.2, 0.25) is 0 Å². The van der Waals surface area contributed by atoms with Crippen molar-refractivity contribution in [1.29, 1.82) is 0 Å². The molecule has 0 radical (unpaired) electrons. The predicted molar refractivity (Wildman–Crippen MR) is 51.9 cm³/mol. The molecule has 0 spiro atoms. The van der Waals surface area contributed by atoms with Gasteiger partial charge in [-0.2, -0.15) is 0 Å². The van der Waals surface area contributed by atoms with E-state index in [1.54, 1.807) is 0 Å². The third-order valence-electron chi connectivity index (χ3n) is 2.11. The van der Waals surface area contributed by atoms with E-state index < -0.39 is 0 Å². The molecular formula is C9H9NOS. The lowest BCUT2D eigenvalue weighted by Crippen LogP contribution is -1.89. The summed E-state index contributed by atoms with van der Waals surface area (Å²) in [5.74, 6) is 0. The van der Waals surface area contributed by atoms with Crippen LogP contribution in [0.1, 0.15) is 11.1 Å². The molecule has 3 heteroatoms. The van der Waals surface area contributed by atoms with Crippen LogP contribution in [0.5, 0.6) is 0 Å². The zero-order valence-corrected chi connectivity index (χ0v) is 7.79. The Balaban J connectivity index is 2.99. The van der Waals surface area contributed by atoms with Crippen molar-refractivity contribution in [3.63, 3.8) is 0 Å². The van der Waals surface area contributed by atoms with Crippen LogP contribution >= 0.6 is 11.3 Å². The number of aromatic nitrogens is 1. The van der Waals surface area contributed by atoms with Gasteiger partial charge in [0.05, 0.1) is 10.2 Å². The highest BCUT2D eigenvalue weighted by molar-refractivity contribution is 7.16. The normalized spacial score (nSPS) is 10.8. The van der Waals surface area contributed by atoms with E-state index in [0.29, 0.717) is 0 Å². The fraction of sp³-hybridized carbons (Fsp3) is 0.222. The summed E-state index contributed by atoms with van der Waals surface area (Å²) in [5, 5.41) is 0. The van der Waals surface area contributed by atoms with Crippen LogP contribution in [-0.2, 0) is 0 Å². The van der Waals surface area contributed by atoms with E-state index >= 15 is 0 Å². The monoisotopic (exact) mass is 179 g/mol. The van der Waals surface area contributed by atoms with Gasteiger partial charge in [-0.1, -0.05) is 17.4 Å². The van der Waals surface area contributed by atoms with E-state index in [1.807, 2.05) is 19.1 Å². The van der Waals surface area contributed by atoms with Crippen LogP contribution in [0.3, 0.4) is 0 Å². The van der Waals surface area contributed by atoms with Crippen LogP contribution in [0.2, 0.25) is 0 Å². The van der Waals surface area contributed by atoms with E-state index in [2.05, 4.69) is 11.9 Å². The first-order valence-electron chi connectivity index (χ1n) is 3.77. The van der Waals surface area contributed by atoms with Gasteiger partial charge in [-0.05, 0) is 31.0 Å². The molecule has 2 nitrogen and oxygen atoms in total. The second kappa shape index (κ2) is 2.45. The molecule has 0 amide bonds. The Bertz CT molecular complexity index is 481. The van der Waals surface area contributed by atoms with Gasteiger partial charge in [-0.3, -0.25) is 4.79 Å². The maximum Gasteiger partial charge on any atom is 0.305 e. The summed E-state index contributed by atoms with van der Waals surface area (Å²) in [4.78, 5) is 13.8. The highest BCUT2D eigenvalue weighted by atomic mass is 32.1. The zero-order valence-electron chi connectivity index (χ0n) is 6.97. The van der Waals surface area contributed by atoms with Gasteiger partial charge in [0, 0.05) is 0 Å². The van der Waals surface area contributed by atoms with Gasteiger partial charge >= 0.3 is 4.87 Å². The number of fused-ring (bicyclic) bond motifs is 1. The Morgan fingerprint density at radius 3 is 2.83 bits per heavy atom. The first kappa shape index (κ1) is 7.55. The third kappa shape index (κ3) is 0.975. The van der Waals surface area contributed by atoms with Gasteiger partial charge in [0.1, 0.15) is 0 Å². The first-order chi connectivity index (χ1) is 5.68. The second-order valence-corrected chi connectivity index (χ2v) is 3.88. The number of H-pyrrole nitrogens is 1. The summed E-state index contributed by atoms with van der Waals surface area (Å²) in [6.45, 7) is 4.10. The van der Waals surface area contributed by atoms with Crippen molar-refractivity contribution in [2.75, 3.05) is 0 Å². The first-order valence-corrected chi connectivity index (χ1v) is 4.59. The SMILES string of the molecule is Cc1ccc2[nH]c(=O)sc2c1C. The average Bonchev–Trinajstić information content (AvgIpc) is 2.39. The molecule has 0 saturated heterocycles. The lowest BCUT2D eigenvalue weighted by atomic mass is 10.1. The molecule has 2 rings (SSSR count). The molecule has 12 heavy (non-hydrogen) atoms. The molecule has 0 atom stereocenters. The van der Waals surface area contributed by atoms with Gasteiger partial charge in [-0.15, -0.1) is 0 Å². The molecule has 0 fully saturated rings. The van der Waals surface area contributed by atoms with E-state index in [4.69, 9.17) is 0 Å². The predicted octanol–water partition coefficient (Wildman–Crippen LogP) is 2.21. The number of hydrogen-bond donors (Lipinski definition) is 1. The fourth-order valence-electron chi connectivity index (χ4n) is 1.25. The van der Waals surface area contributed by atoms with Gasteiger partial charge in [0.25, 0.3) is 0 Å². The van der Waals surface area contributed by atoms with Gasteiger partial charge in [-0.25, -0.2) is 0 Å². The highest BCUT2D eigenvalue weighted by Crippen LogP contribution is 2.21. The molecular weight excluding hydrogens is 170 g/mol. The lowest BCUT2D eigenvalue weighted by Gasteiger charge is -1.98. The Morgan fingerprint density at radius 1 is 1.33 bits per heavy atom. The van der Waals surface area contributed by atoms with Crippen molar-refractivity contribution in [1.82, 2.24) is 4.98 Å². The van der Waals surface area contributed by atoms with Crippen molar-refractivity contribution in [2.24, 2.45) is 0 Å². The summed E-state index contributed by atoms with van der Waals surface area (Å²) in [5.41, 5.74) is 3.39. The summed E-state index contributed by atoms with van der Waals surface area (Å²) < 4.78 is 1.08. The molecule has 0 aliphatic carbocycles. The van der Waals surface area contributed by atoms with Crippen molar-refractivity contribution in [3.05, 3.63) is 32.9 Å². The third-order valence-corrected chi connectivity index (χ3v) is 3.13. The lowest BCUT2D eigenvalue weighted by molar-refractivity contribution is 1.36. The molecule has 62 valence electrons. The van der Waals surface area contributed by atoms with Crippen molar-refractivity contribution >= 4 is 21.6 Å². The van der Waals surface area contributed by atoms with Crippen LogP contribution in [0, 0.1) is 13.8 Å². The molecule has 1 aromatic heterocycles. The van der Waals surface area contributed by atoms with Crippen LogP contribution in [0.15, 0.2) is 16.9 Å². The van der Waals surface area contributed by atoms with E-state index in [9.17, 15) is 4.79 Å². The van der Waals surface area contributed by atoms with Gasteiger partial charge in [0.15, 0.2) is 0 Å². The average molecular weight is 179 g/mol. The van der Waals surface area contributed by atoms with Crippen molar-refractivity contribution in [3.8, 4) is 0 Å². The maximum absolute atomic E-state index is 11.0. The zero-order chi connectivity index (χ0) is 8.72. The molecule has 0 aliphatic rings. The largest absolute Gasteiger partial charge is 0.312 e. The highest BCUT2D eigenvalue weighted by Gasteiger charge is 2.03. The van der Waals surface area contributed by atoms with E-state index in [1.165, 1.54) is 22.5 Å².